The fourth-order valence-corrected chi connectivity index (χ4v) is 4.84. The number of rotatable bonds is 10. The Morgan fingerprint density at radius 2 is 2.11 bits per heavy atom. The highest BCUT2D eigenvalue weighted by Crippen LogP contribution is 2.38. The summed E-state index contributed by atoms with van der Waals surface area (Å²) in [6.45, 7) is 8.26. The average molecular weight is 511 g/mol. The normalized spacial score (nSPS) is 14.8. The molecule has 2 heterocycles. The van der Waals surface area contributed by atoms with Crippen LogP contribution in [0.5, 0.6) is 5.75 Å². The Morgan fingerprint density at radius 3 is 2.89 bits per heavy atom. The molecule has 0 aliphatic carbocycles. The van der Waals surface area contributed by atoms with Gasteiger partial charge in [-0.3, -0.25) is 0 Å². The highest BCUT2D eigenvalue weighted by Gasteiger charge is 2.35. The monoisotopic (exact) mass is 510 g/mol. The van der Waals surface area contributed by atoms with E-state index in [2.05, 4.69) is 23.8 Å². The second-order valence-electron chi connectivity index (χ2n) is 7.92. The largest absolute Gasteiger partial charge is 0.494 e. The van der Waals surface area contributed by atoms with Crippen LogP contribution in [0.4, 0.5) is 5.95 Å². The van der Waals surface area contributed by atoms with Crippen molar-refractivity contribution in [1.29, 1.82) is 0 Å². The minimum atomic E-state index is -0.532. The second-order valence-corrected chi connectivity index (χ2v) is 9.27. The van der Waals surface area contributed by atoms with Crippen LogP contribution in [0.15, 0.2) is 77.6 Å². The molecule has 35 heavy (non-hydrogen) atoms. The number of ether oxygens (including phenoxy) is 2. The van der Waals surface area contributed by atoms with Crippen molar-refractivity contribution >= 4 is 35.3 Å². The second kappa shape index (κ2) is 11.5. The number of anilines is 1. The lowest BCUT2D eigenvalue weighted by Crippen LogP contribution is -2.29. The number of benzene rings is 2. The number of esters is 1. The minimum Gasteiger partial charge on any atom is -0.494 e. The summed E-state index contributed by atoms with van der Waals surface area (Å²) in [6.07, 6.45) is 2.44. The Balaban J connectivity index is 1.70. The van der Waals surface area contributed by atoms with Crippen LogP contribution >= 0.6 is 23.4 Å². The number of nitrogens with one attached hydrogen (secondary N) is 1. The van der Waals surface area contributed by atoms with Gasteiger partial charge < -0.3 is 14.8 Å². The molecule has 7 nitrogen and oxygen atoms in total. The van der Waals surface area contributed by atoms with E-state index in [1.54, 1.807) is 10.8 Å². The summed E-state index contributed by atoms with van der Waals surface area (Å²) < 4.78 is 13.0. The zero-order chi connectivity index (χ0) is 24.8. The molecule has 9 heteroatoms. The van der Waals surface area contributed by atoms with Crippen molar-refractivity contribution < 1.29 is 14.3 Å². The molecular weight excluding hydrogens is 484 g/mol. The van der Waals surface area contributed by atoms with E-state index in [0.29, 0.717) is 39.8 Å². The molecule has 4 rings (SSSR count). The third kappa shape index (κ3) is 5.71. The molecular formula is C26H27ClN4O3S. The van der Waals surface area contributed by atoms with Gasteiger partial charge in [-0.1, -0.05) is 73.3 Å². The summed E-state index contributed by atoms with van der Waals surface area (Å²) in [6, 6.07) is 14.9. The minimum absolute atomic E-state index is 0.116. The van der Waals surface area contributed by atoms with Crippen molar-refractivity contribution in [3.8, 4) is 5.75 Å². The van der Waals surface area contributed by atoms with Crippen molar-refractivity contribution in [3.05, 3.63) is 88.6 Å². The number of halogens is 1. The van der Waals surface area contributed by atoms with Gasteiger partial charge in [0.15, 0.2) is 0 Å². The number of hydrogen-bond acceptors (Lipinski definition) is 7. The highest BCUT2D eigenvalue weighted by atomic mass is 35.5. The molecule has 0 radical (unpaired) electrons. The number of nitrogens with zero attached hydrogens (tertiary/aromatic N) is 3. The Labute approximate surface area is 214 Å². The molecule has 3 aromatic rings. The van der Waals surface area contributed by atoms with E-state index in [1.807, 2.05) is 55.5 Å². The summed E-state index contributed by atoms with van der Waals surface area (Å²) in [7, 11) is 0. The van der Waals surface area contributed by atoms with E-state index < -0.39 is 12.0 Å². The highest BCUT2D eigenvalue weighted by molar-refractivity contribution is 7.98. The van der Waals surface area contributed by atoms with Crippen molar-refractivity contribution in [2.24, 2.45) is 0 Å². The lowest BCUT2D eigenvalue weighted by atomic mass is 9.95. The van der Waals surface area contributed by atoms with Crippen molar-refractivity contribution in [1.82, 2.24) is 14.8 Å². The lowest BCUT2D eigenvalue weighted by Gasteiger charge is -2.28. The van der Waals surface area contributed by atoms with E-state index >= 15 is 0 Å². The molecule has 0 saturated carbocycles. The van der Waals surface area contributed by atoms with Gasteiger partial charge in [-0.25, -0.2) is 9.48 Å². The number of thioether (sulfide) groups is 1. The molecule has 182 valence electrons. The Hall–Kier alpha value is -3.23. The molecule has 0 fully saturated rings. The number of fused-ring (bicyclic) bond motifs is 1. The van der Waals surface area contributed by atoms with Crippen molar-refractivity contribution in [2.75, 3.05) is 18.5 Å². The fourth-order valence-electron chi connectivity index (χ4n) is 3.73. The third-order valence-corrected chi connectivity index (χ3v) is 6.60. The molecule has 2 aromatic carbocycles. The number of carbonyl (C=O) groups excluding carboxylic acids is 1. The molecule has 0 spiro atoms. The molecule has 1 aliphatic rings. The maximum Gasteiger partial charge on any atom is 0.338 e. The first kappa shape index (κ1) is 24.9. The average Bonchev–Trinajstić information content (AvgIpc) is 3.27. The van der Waals surface area contributed by atoms with Gasteiger partial charge in [-0.05, 0) is 42.7 Å². The van der Waals surface area contributed by atoms with Crippen molar-refractivity contribution in [2.45, 2.75) is 37.2 Å². The van der Waals surface area contributed by atoms with Gasteiger partial charge in [0.05, 0.1) is 12.2 Å². The number of carbonyl (C=O) groups is 1. The number of aromatic nitrogens is 3. The third-order valence-electron chi connectivity index (χ3n) is 5.35. The summed E-state index contributed by atoms with van der Waals surface area (Å²) in [4.78, 5) is 17.8. The first-order valence-corrected chi connectivity index (χ1v) is 12.7. The van der Waals surface area contributed by atoms with Gasteiger partial charge >= 0.3 is 5.97 Å². The zero-order valence-electron chi connectivity index (χ0n) is 19.7. The standard InChI is InChI=1S/C26H27ClN4O3S/c1-4-13-33-20-11-8-10-18(15-20)23-22(24(32)34-14-5-2)17(3)28-25-29-26(30-31(23)25)35-16-19-9-6-7-12-21(19)27/h5-12,15,23H,2,4,13-14,16H2,1,3H3,(H,28,29,30). The number of hydrogen-bond donors (Lipinski definition) is 1. The molecule has 0 bridgehead atoms. The van der Waals surface area contributed by atoms with Gasteiger partial charge in [0.2, 0.25) is 11.1 Å². The molecule has 1 unspecified atom stereocenters. The van der Waals surface area contributed by atoms with Crippen LogP contribution in [0.1, 0.15) is 37.4 Å². The zero-order valence-corrected chi connectivity index (χ0v) is 21.2. The van der Waals surface area contributed by atoms with Crippen LogP contribution in [-0.4, -0.2) is 33.9 Å². The molecule has 1 N–H and O–H groups in total. The van der Waals surface area contributed by atoms with Crippen LogP contribution in [0.2, 0.25) is 5.02 Å². The first-order valence-electron chi connectivity index (χ1n) is 11.3. The molecule has 1 atom stereocenters. The summed E-state index contributed by atoms with van der Waals surface area (Å²) >= 11 is 7.79. The van der Waals surface area contributed by atoms with Crippen LogP contribution in [0, 0.1) is 0 Å². The maximum atomic E-state index is 13.1. The molecule has 1 aromatic heterocycles. The van der Waals surface area contributed by atoms with Gasteiger partial charge in [0, 0.05) is 16.5 Å². The topological polar surface area (TPSA) is 78.3 Å². The van der Waals surface area contributed by atoms with Crippen LogP contribution in [0.3, 0.4) is 0 Å². The van der Waals surface area contributed by atoms with Crippen LogP contribution in [0.25, 0.3) is 0 Å². The molecule has 0 amide bonds. The quantitative estimate of drug-likeness (QED) is 0.202. The first-order chi connectivity index (χ1) is 17.0. The maximum absolute atomic E-state index is 13.1. The SMILES string of the molecule is C=CCOC(=O)C1=C(C)Nc2nc(SCc3ccccc3Cl)nn2C1c1cccc(OCCC)c1. The lowest BCUT2D eigenvalue weighted by molar-refractivity contribution is -0.138. The van der Waals surface area contributed by atoms with E-state index in [1.165, 1.54) is 11.8 Å². The summed E-state index contributed by atoms with van der Waals surface area (Å²) in [5.41, 5.74) is 2.96. The van der Waals surface area contributed by atoms with Gasteiger partial charge in [-0.2, -0.15) is 4.98 Å². The predicted molar refractivity (Wildman–Crippen MR) is 139 cm³/mol. The Morgan fingerprint density at radius 1 is 1.29 bits per heavy atom. The molecule has 0 saturated heterocycles. The van der Waals surface area contributed by atoms with Crippen LogP contribution in [-0.2, 0) is 15.3 Å². The predicted octanol–water partition coefficient (Wildman–Crippen LogP) is 6.03. The van der Waals surface area contributed by atoms with E-state index in [9.17, 15) is 4.79 Å². The Kier molecular flexibility index (Phi) is 8.15. The van der Waals surface area contributed by atoms with Crippen molar-refractivity contribution in [3.63, 3.8) is 0 Å². The smallest absolute Gasteiger partial charge is 0.338 e. The number of allylic oxidation sites excluding steroid dienone is 1. The van der Waals surface area contributed by atoms with Gasteiger partial charge in [-0.15, -0.1) is 5.10 Å². The van der Waals surface area contributed by atoms with E-state index in [0.717, 1.165) is 23.3 Å². The van der Waals surface area contributed by atoms with E-state index in [-0.39, 0.29) is 6.61 Å². The fraction of sp³-hybridized carbons (Fsp3) is 0.269. The summed E-state index contributed by atoms with van der Waals surface area (Å²) in [5, 5.41) is 9.25. The van der Waals surface area contributed by atoms with E-state index in [4.69, 9.17) is 26.2 Å². The molecule has 1 aliphatic heterocycles. The van der Waals surface area contributed by atoms with Gasteiger partial charge in [0.25, 0.3) is 0 Å². The van der Waals surface area contributed by atoms with Gasteiger partial charge in [0.1, 0.15) is 18.4 Å². The summed E-state index contributed by atoms with van der Waals surface area (Å²) in [5.74, 6) is 1.46. The Bertz CT molecular complexity index is 1260. The van der Waals surface area contributed by atoms with Crippen LogP contribution < -0.4 is 10.1 Å².